The third-order valence-electron chi connectivity index (χ3n) is 2.81. The zero-order valence-corrected chi connectivity index (χ0v) is 13.3. The van der Waals surface area contributed by atoms with E-state index in [-0.39, 0.29) is 12.5 Å². The number of carbonyl (C=O) groups excluding carboxylic acids is 1. The highest BCUT2D eigenvalue weighted by Gasteiger charge is 2.02. The van der Waals surface area contributed by atoms with Gasteiger partial charge in [0.05, 0.1) is 10.0 Å². The summed E-state index contributed by atoms with van der Waals surface area (Å²) < 4.78 is 5.35. The Bertz CT molecular complexity index is 621. The summed E-state index contributed by atoms with van der Waals surface area (Å²) in [6.07, 6.45) is 0. The van der Waals surface area contributed by atoms with Crippen LogP contribution in [0.5, 0.6) is 5.75 Å². The number of ether oxygens (including phenoxy) is 1. The van der Waals surface area contributed by atoms with Crippen molar-refractivity contribution in [3.05, 3.63) is 58.6 Å². The average molecular weight is 339 g/mol. The van der Waals surface area contributed by atoms with Gasteiger partial charge in [0.25, 0.3) is 5.91 Å². The molecule has 0 atom stereocenters. The Hall–Kier alpha value is -1.91. The Kier molecular flexibility index (Phi) is 6.37. The van der Waals surface area contributed by atoms with Crippen molar-refractivity contribution < 1.29 is 9.53 Å². The first kappa shape index (κ1) is 16.5. The molecule has 2 aromatic rings. The Morgan fingerprint density at radius 2 is 1.77 bits per heavy atom. The van der Waals surface area contributed by atoms with E-state index in [1.807, 2.05) is 24.3 Å². The highest BCUT2D eigenvalue weighted by molar-refractivity contribution is 6.42. The number of benzene rings is 2. The summed E-state index contributed by atoms with van der Waals surface area (Å²) in [7, 11) is 0. The van der Waals surface area contributed by atoms with Crippen LogP contribution in [0.4, 0.5) is 5.69 Å². The van der Waals surface area contributed by atoms with E-state index in [9.17, 15) is 4.79 Å². The van der Waals surface area contributed by atoms with Gasteiger partial charge in [0, 0.05) is 18.8 Å². The zero-order valence-electron chi connectivity index (χ0n) is 11.8. The maximum absolute atomic E-state index is 11.6. The van der Waals surface area contributed by atoms with Crippen molar-refractivity contribution in [2.75, 3.05) is 25.0 Å². The molecule has 0 bridgehead atoms. The molecular formula is C16H16Cl2N2O2. The van der Waals surface area contributed by atoms with Crippen LogP contribution in [0, 0.1) is 0 Å². The lowest BCUT2D eigenvalue weighted by molar-refractivity contribution is -0.123. The first-order valence-corrected chi connectivity index (χ1v) is 7.54. The molecule has 2 N–H and O–H groups in total. The number of rotatable bonds is 7. The van der Waals surface area contributed by atoms with Crippen molar-refractivity contribution in [2.24, 2.45) is 0 Å². The van der Waals surface area contributed by atoms with Gasteiger partial charge in [0.2, 0.25) is 0 Å². The van der Waals surface area contributed by atoms with Crippen LogP contribution in [0.3, 0.4) is 0 Å². The topological polar surface area (TPSA) is 50.4 Å². The first-order valence-electron chi connectivity index (χ1n) is 6.78. The van der Waals surface area contributed by atoms with Gasteiger partial charge in [-0.05, 0) is 30.3 Å². The fraction of sp³-hybridized carbons (Fsp3) is 0.188. The molecule has 0 heterocycles. The second-order valence-corrected chi connectivity index (χ2v) is 5.32. The molecular weight excluding hydrogens is 323 g/mol. The van der Waals surface area contributed by atoms with Crippen LogP contribution in [0.25, 0.3) is 0 Å². The number of hydrogen-bond donors (Lipinski definition) is 2. The smallest absolute Gasteiger partial charge is 0.258 e. The molecule has 0 aliphatic rings. The van der Waals surface area contributed by atoms with Crippen LogP contribution < -0.4 is 15.4 Å². The third kappa shape index (κ3) is 5.47. The van der Waals surface area contributed by atoms with Gasteiger partial charge in [-0.3, -0.25) is 4.79 Å². The molecule has 0 saturated heterocycles. The van der Waals surface area contributed by atoms with Gasteiger partial charge in [-0.25, -0.2) is 0 Å². The van der Waals surface area contributed by atoms with E-state index < -0.39 is 0 Å². The molecule has 2 rings (SSSR count). The second-order valence-electron chi connectivity index (χ2n) is 4.51. The number of anilines is 1. The van der Waals surface area contributed by atoms with Crippen LogP contribution >= 0.6 is 23.2 Å². The minimum Gasteiger partial charge on any atom is -0.484 e. The van der Waals surface area contributed by atoms with Crippen LogP contribution in [0.2, 0.25) is 10.0 Å². The van der Waals surface area contributed by atoms with E-state index in [1.54, 1.807) is 24.3 Å². The Morgan fingerprint density at radius 3 is 2.50 bits per heavy atom. The van der Waals surface area contributed by atoms with Gasteiger partial charge in [0.15, 0.2) is 6.61 Å². The molecule has 4 nitrogen and oxygen atoms in total. The van der Waals surface area contributed by atoms with Crippen molar-refractivity contribution in [1.29, 1.82) is 0 Å². The molecule has 6 heteroatoms. The maximum Gasteiger partial charge on any atom is 0.258 e. The highest BCUT2D eigenvalue weighted by Crippen LogP contribution is 2.24. The van der Waals surface area contributed by atoms with Gasteiger partial charge in [0.1, 0.15) is 5.75 Å². The largest absolute Gasteiger partial charge is 0.484 e. The number of hydrogen-bond acceptors (Lipinski definition) is 3. The average Bonchev–Trinajstić information content (AvgIpc) is 2.54. The number of amides is 1. The predicted octanol–water partition coefficient (Wildman–Crippen LogP) is 3.60. The molecule has 0 saturated carbocycles. The summed E-state index contributed by atoms with van der Waals surface area (Å²) in [4.78, 5) is 11.6. The quantitative estimate of drug-likeness (QED) is 0.758. The standard InChI is InChI=1S/C16H16Cl2N2O2/c17-14-7-6-12(10-15(14)18)19-8-9-20-16(21)11-22-13-4-2-1-3-5-13/h1-7,10,19H,8-9,11H2,(H,20,21). The van der Waals surface area contributed by atoms with E-state index in [4.69, 9.17) is 27.9 Å². The number of nitrogens with one attached hydrogen (secondary N) is 2. The normalized spacial score (nSPS) is 10.1. The molecule has 1 amide bonds. The third-order valence-corrected chi connectivity index (χ3v) is 3.55. The molecule has 0 radical (unpaired) electrons. The minimum atomic E-state index is -0.167. The van der Waals surface area contributed by atoms with Crippen molar-refractivity contribution in [3.8, 4) is 5.75 Å². The van der Waals surface area contributed by atoms with Gasteiger partial charge >= 0.3 is 0 Å². The number of halogens is 2. The SMILES string of the molecule is O=C(COc1ccccc1)NCCNc1ccc(Cl)c(Cl)c1. The summed E-state index contributed by atoms with van der Waals surface area (Å²) in [5, 5.41) is 6.91. The van der Waals surface area contributed by atoms with Gasteiger partial charge in [-0.1, -0.05) is 41.4 Å². The Morgan fingerprint density at radius 1 is 1.00 bits per heavy atom. The number of carbonyl (C=O) groups is 1. The maximum atomic E-state index is 11.6. The Labute approximate surface area is 139 Å². The van der Waals surface area contributed by atoms with Crippen molar-refractivity contribution in [3.63, 3.8) is 0 Å². The summed E-state index contributed by atoms with van der Waals surface area (Å²) in [6.45, 7) is 1.06. The second kappa shape index (κ2) is 8.51. The molecule has 116 valence electrons. The monoisotopic (exact) mass is 338 g/mol. The summed E-state index contributed by atoms with van der Waals surface area (Å²) in [5.74, 6) is 0.506. The molecule has 0 fully saturated rings. The van der Waals surface area contributed by atoms with Gasteiger partial charge < -0.3 is 15.4 Å². The molecule has 0 unspecified atom stereocenters. The molecule has 0 spiro atoms. The zero-order chi connectivity index (χ0) is 15.8. The van der Waals surface area contributed by atoms with Crippen molar-refractivity contribution >= 4 is 34.8 Å². The number of para-hydroxylation sites is 1. The Balaban J connectivity index is 1.63. The predicted molar refractivity (Wildman–Crippen MR) is 89.9 cm³/mol. The fourth-order valence-corrected chi connectivity index (χ4v) is 2.03. The van der Waals surface area contributed by atoms with Crippen LogP contribution in [-0.2, 0) is 4.79 Å². The lowest BCUT2D eigenvalue weighted by Gasteiger charge is -2.09. The molecule has 0 aromatic heterocycles. The molecule has 0 aliphatic heterocycles. The minimum absolute atomic E-state index is 0.00319. The summed E-state index contributed by atoms with van der Waals surface area (Å²) >= 11 is 11.8. The first-order chi connectivity index (χ1) is 10.6. The molecule has 0 aliphatic carbocycles. The van der Waals surface area contributed by atoms with E-state index in [1.165, 1.54) is 0 Å². The lowest BCUT2D eigenvalue weighted by atomic mass is 10.3. The van der Waals surface area contributed by atoms with E-state index in [0.717, 1.165) is 5.69 Å². The van der Waals surface area contributed by atoms with E-state index in [0.29, 0.717) is 28.9 Å². The molecule has 2 aromatic carbocycles. The lowest BCUT2D eigenvalue weighted by Crippen LogP contribution is -2.32. The van der Waals surface area contributed by atoms with Crippen LogP contribution in [0.15, 0.2) is 48.5 Å². The van der Waals surface area contributed by atoms with Crippen LogP contribution in [-0.4, -0.2) is 25.6 Å². The summed E-state index contributed by atoms with van der Waals surface area (Å²) in [6, 6.07) is 14.5. The highest BCUT2D eigenvalue weighted by atomic mass is 35.5. The fourth-order valence-electron chi connectivity index (χ4n) is 1.73. The van der Waals surface area contributed by atoms with E-state index in [2.05, 4.69) is 10.6 Å². The molecule has 22 heavy (non-hydrogen) atoms. The van der Waals surface area contributed by atoms with E-state index >= 15 is 0 Å². The van der Waals surface area contributed by atoms with Gasteiger partial charge in [-0.2, -0.15) is 0 Å². The van der Waals surface area contributed by atoms with Crippen LogP contribution in [0.1, 0.15) is 0 Å². The van der Waals surface area contributed by atoms with Crippen molar-refractivity contribution in [2.45, 2.75) is 0 Å². The summed E-state index contributed by atoms with van der Waals surface area (Å²) in [5.41, 5.74) is 0.851. The van der Waals surface area contributed by atoms with Crippen molar-refractivity contribution in [1.82, 2.24) is 5.32 Å². The van der Waals surface area contributed by atoms with Gasteiger partial charge in [-0.15, -0.1) is 0 Å².